The zero-order valence-electron chi connectivity index (χ0n) is 13.7. The molecule has 0 aliphatic rings. The number of nitrogens with one attached hydrogen (secondary N) is 1. The molecule has 0 saturated carbocycles. The fourth-order valence-electron chi connectivity index (χ4n) is 2.53. The molecule has 1 N–H and O–H groups in total. The Bertz CT molecular complexity index is 859. The lowest BCUT2D eigenvalue weighted by molar-refractivity contribution is 0.0954. The lowest BCUT2D eigenvalue weighted by atomic mass is 10.1. The molecule has 0 fully saturated rings. The van der Waals surface area contributed by atoms with Gasteiger partial charge in [-0.2, -0.15) is 0 Å². The number of halogens is 1. The van der Waals surface area contributed by atoms with Gasteiger partial charge in [0.2, 0.25) is 0 Å². The van der Waals surface area contributed by atoms with Crippen LogP contribution in [0.3, 0.4) is 0 Å². The Kier molecular flexibility index (Phi) is 5.09. The first-order valence-electron chi connectivity index (χ1n) is 7.79. The number of methoxy groups -OCH3 is 1. The Morgan fingerprint density at radius 3 is 2.72 bits per heavy atom. The van der Waals surface area contributed by atoms with Gasteiger partial charge in [-0.25, -0.2) is 4.39 Å². The molecule has 0 radical (unpaired) electrons. The van der Waals surface area contributed by atoms with Crippen LogP contribution in [0.5, 0.6) is 5.75 Å². The van der Waals surface area contributed by atoms with Gasteiger partial charge < -0.3 is 14.6 Å². The fraction of sp³-hybridized carbons (Fsp3) is 0.158. The van der Waals surface area contributed by atoms with Crippen molar-refractivity contribution >= 4 is 5.91 Å². The van der Waals surface area contributed by atoms with Crippen molar-refractivity contribution in [2.75, 3.05) is 13.7 Å². The molecule has 0 spiro atoms. The van der Waals surface area contributed by atoms with Crippen LogP contribution in [0.4, 0.5) is 4.39 Å². The molecule has 0 atom stereocenters. The highest BCUT2D eigenvalue weighted by Crippen LogP contribution is 2.24. The van der Waals surface area contributed by atoms with E-state index in [4.69, 9.17) is 9.26 Å². The molecule has 1 aromatic heterocycles. The standard InChI is InChI=1S/C19H17FN2O3/c1-24-17-5-3-2-4-13(17)10-11-21-19(23)16-12-22-25-18(16)14-6-8-15(20)9-7-14/h2-9,12H,10-11H2,1H3,(H,21,23). The third kappa shape index (κ3) is 3.85. The monoisotopic (exact) mass is 340 g/mol. The van der Waals surface area contributed by atoms with Crippen LogP contribution in [0, 0.1) is 5.82 Å². The Balaban J connectivity index is 1.66. The SMILES string of the molecule is COc1ccccc1CCNC(=O)c1cnoc1-c1ccc(F)cc1. The summed E-state index contributed by atoms with van der Waals surface area (Å²) < 4.78 is 23.5. The highest BCUT2D eigenvalue weighted by atomic mass is 19.1. The molecule has 1 amide bonds. The number of ether oxygens (including phenoxy) is 1. The molecule has 3 rings (SSSR count). The van der Waals surface area contributed by atoms with Crippen molar-refractivity contribution in [3.63, 3.8) is 0 Å². The maximum atomic E-state index is 13.0. The van der Waals surface area contributed by atoms with Crippen molar-refractivity contribution in [2.24, 2.45) is 0 Å². The minimum Gasteiger partial charge on any atom is -0.496 e. The maximum absolute atomic E-state index is 13.0. The number of amides is 1. The Morgan fingerprint density at radius 1 is 1.20 bits per heavy atom. The topological polar surface area (TPSA) is 64.4 Å². The first-order valence-corrected chi connectivity index (χ1v) is 7.79. The van der Waals surface area contributed by atoms with Gasteiger partial charge in [0.05, 0.1) is 13.3 Å². The molecule has 5 nitrogen and oxygen atoms in total. The zero-order chi connectivity index (χ0) is 17.6. The normalized spacial score (nSPS) is 10.5. The van der Waals surface area contributed by atoms with Gasteiger partial charge in [-0.1, -0.05) is 23.4 Å². The second-order valence-electron chi connectivity index (χ2n) is 5.39. The van der Waals surface area contributed by atoms with Gasteiger partial charge in [0.25, 0.3) is 5.91 Å². The lowest BCUT2D eigenvalue weighted by Crippen LogP contribution is -2.25. The fourth-order valence-corrected chi connectivity index (χ4v) is 2.53. The van der Waals surface area contributed by atoms with E-state index < -0.39 is 0 Å². The summed E-state index contributed by atoms with van der Waals surface area (Å²) in [6, 6.07) is 13.4. The zero-order valence-corrected chi connectivity index (χ0v) is 13.7. The van der Waals surface area contributed by atoms with E-state index in [1.54, 1.807) is 19.2 Å². The van der Waals surface area contributed by atoms with Gasteiger partial charge in [0, 0.05) is 12.1 Å². The number of rotatable bonds is 6. The minimum absolute atomic E-state index is 0.296. The number of hydrogen-bond donors (Lipinski definition) is 1. The summed E-state index contributed by atoms with van der Waals surface area (Å²) in [6.45, 7) is 0.438. The average molecular weight is 340 g/mol. The molecular weight excluding hydrogens is 323 g/mol. The van der Waals surface area contributed by atoms with Crippen LogP contribution in [0.2, 0.25) is 0 Å². The molecule has 128 valence electrons. The molecule has 0 bridgehead atoms. The number of para-hydroxylation sites is 1. The second-order valence-corrected chi connectivity index (χ2v) is 5.39. The average Bonchev–Trinajstić information content (AvgIpc) is 3.12. The highest BCUT2D eigenvalue weighted by Gasteiger charge is 2.17. The van der Waals surface area contributed by atoms with E-state index in [-0.39, 0.29) is 11.7 Å². The van der Waals surface area contributed by atoms with Crippen molar-refractivity contribution in [3.05, 3.63) is 71.7 Å². The van der Waals surface area contributed by atoms with Gasteiger partial charge >= 0.3 is 0 Å². The van der Waals surface area contributed by atoms with E-state index in [1.165, 1.54) is 18.3 Å². The lowest BCUT2D eigenvalue weighted by Gasteiger charge is -2.09. The maximum Gasteiger partial charge on any atom is 0.256 e. The summed E-state index contributed by atoms with van der Waals surface area (Å²) in [5, 5.41) is 6.52. The Hall–Kier alpha value is -3.15. The predicted molar refractivity (Wildman–Crippen MR) is 90.9 cm³/mol. The molecule has 0 saturated heterocycles. The summed E-state index contributed by atoms with van der Waals surface area (Å²) in [7, 11) is 1.61. The largest absolute Gasteiger partial charge is 0.496 e. The van der Waals surface area contributed by atoms with Crippen LogP contribution in [0.15, 0.2) is 59.3 Å². The van der Waals surface area contributed by atoms with Crippen molar-refractivity contribution in [1.82, 2.24) is 10.5 Å². The van der Waals surface area contributed by atoms with Gasteiger partial charge in [-0.3, -0.25) is 4.79 Å². The number of nitrogens with zero attached hydrogens (tertiary/aromatic N) is 1. The van der Waals surface area contributed by atoms with E-state index in [9.17, 15) is 9.18 Å². The number of benzene rings is 2. The molecule has 1 heterocycles. The van der Waals surface area contributed by atoms with Crippen LogP contribution in [0.25, 0.3) is 11.3 Å². The second kappa shape index (κ2) is 7.61. The third-order valence-corrected chi connectivity index (χ3v) is 3.79. The summed E-state index contributed by atoms with van der Waals surface area (Å²) in [5.41, 5.74) is 1.91. The van der Waals surface area contributed by atoms with Gasteiger partial charge in [-0.15, -0.1) is 0 Å². The minimum atomic E-state index is -0.355. The summed E-state index contributed by atoms with van der Waals surface area (Å²) >= 11 is 0. The van der Waals surface area contributed by atoms with E-state index in [0.717, 1.165) is 11.3 Å². The van der Waals surface area contributed by atoms with E-state index >= 15 is 0 Å². The Morgan fingerprint density at radius 2 is 1.96 bits per heavy atom. The first kappa shape index (κ1) is 16.7. The van der Waals surface area contributed by atoms with Crippen LogP contribution in [-0.2, 0) is 6.42 Å². The highest BCUT2D eigenvalue weighted by molar-refractivity contribution is 5.99. The quantitative estimate of drug-likeness (QED) is 0.746. The molecule has 0 aliphatic carbocycles. The molecule has 3 aromatic rings. The van der Waals surface area contributed by atoms with Crippen LogP contribution >= 0.6 is 0 Å². The predicted octanol–water partition coefficient (Wildman–Crippen LogP) is 3.46. The Labute approximate surface area is 144 Å². The van der Waals surface area contributed by atoms with Gasteiger partial charge in [0.1, 0.15) is 17.1 Å². The molecular formula is C19H17FN2O3. The summed E-state index contributed by atoms with van der Waals surface area (Å²) in [5.74, 6) is 0.449. The van der Waals surface area contributed by atoms with Crippen LogP contribution in [0.1, 0.15) is 15.9 Å². The summed E-state index contributed by atoms with van der Waals surface area (Å²) in [4.78, 5) is 12.4. The van der Waals surface area contributed by atoms with Crippen molar-refractivity contribution < 1.29 is 18.4 Å². The van der Waals surface area contributed by atoms with Crippen LogP contribution in [-0.4, -0.2) is 24.7 Å². The first-order chi connectivity index (χ1) is 12.2. The van der Waals surface area contributed by atoms with E-state index in [2.05, 4.69) is 10.5 Å². The van der Waals surface area contributed by atoms with Gasteiger partial charge in [0.15, 0.2) is 5.76 Å². The molecule has 6 heteroatoms. The third-order valence-electron chi connectivity index (χ3n) is 3.79. The van der Waals surface area contributed by atoms with Gasteiger partial charge in [-0.05, 0) is 42.3 Å². The molecule has 0 aliphatic heterocycles. The summed E-state index contributed by atoms with van der Waals surface area (Å²) in [6.07, 6.45) is 1.99. The number of aromatic nitrogens is 1. The van der Waals surface area contributed by atoms with Crippen LogP contribution < -0.4 is 10.1 Å². The number of hydrogen-bond acceptors (Lipinski definition) is 4. The van der Waals surface area contributed by atoms with Crippen molar-refractivity contribution in [1.29, 1.82) is 0 Å². The van der Waals surface area contributed by atoms with E-state index in [1.807, 2.05) is 24.3 Å². The molecule has 25 heavy (non-hydrogen) atoms. The van der Waals surface area contributed by atoms with Crippen molar-refractivity contribution in [3.8, 4) is 17.1 Å². The smallest absolute Gasteiger partial charge is 0.256 e. The number of carbonyl (C=O) groups excluding carboxylic acids is 1. The molecule has 0 unspecified atom stereocenters. The van der Waals surface area contributed by atoms with E-state index in [0.29, 0.717) is 29.9 Å². The molecule has 2 aromatic carbocycles. The number of carbonyl (C=O) groups is 1. The van der Waals surface area contributed by atoms with Crippen molar-refractivity contribution in [2.45, 2.75) is 6.42 Å².